The van der Waals surface area contributed by atoms with Gasteiger partial charge in [0.15, 0.2) is 0 Å². The van der Waals surface area contributed by atoms with E-state index in [4.69, 9.17) is 23.2 Å². The molecule has 0 radical (unpaired) electrons. The van der Waals surface area contributed by atoms with Gasteiger partial charge < -0.3 is 5.32 Å². The maximum atomic E-state index is 13.3. The van der Waals surface area contributed by atoms with Crippen LogP contribution in [0.15, 0.2) is 12.1 Å². The van der Waals surface area contributed by atoms with Crippen LogP contribution in [0.4, 0.5) is 10.1 Å². The highest BCUT2D eigenvalue weighted by atomic mass is 35.5. The van der Waals surface area contributed by atoms with Gasteiger partial charge in [0.1, 0.15) is 17.9 Å². The predicted molar refractivity (Wildman–Crippen MR) is 78.0 cm³/mol. The Labute approximate surface area is 131 Å². The number of hydrogen-bond acceptors (Lipinski definition) is 2. The summed E-state index contributed by atoms with van der Waals surface area (Å²) in [4.78, 5) is 26.0. The number of piperazine rings is 1. The van der Waals surface area contributed by atoms with E-state index in [2.05, 4.69) is 5.32 Å². The van der Waals surface area contributed by atoms with Crippen LogP contribution in [-0.4, -0.2) is 23.9 Å². The van der Waals surface area contributed by atoms with Crippen molar-refractivity contribution in [2.24, 2.45) is 5.92 Å². The van der Waals surface area contributed by atoms with Gasteiger partial charge in [-0.25, -0.2) is 4.39 Å². The van der Waals surface area contributed by atoms with Gasteiger partial charge in [-0.3, -0.25) is 14.5 Å². The van der Waals surface area contributed by atoms with Gasteiger partial charge in [-0.2, -0.15) is 0 Å². The molecule has 4 nitrogen and oxygen atoms in total. The van der Waals surface area contributed by atoms with Gasteiger partial charge in [-0.1, -0.05) is 23.2 Å². The number of nitrogens with zero attached hydrogens (tertiary/aromatic N) is 1. The fourth-order valence-corrected chi connectivity index (χ4v) is 3.25. The quantitative estimate of drug-likeness (QED) is 0.906. The van der Waals surface area contributed by atoms with E-state index in [1.54, 1.807) is 6.92 Å². The number of carbonyl (C=O) groups excluding carboxylic acids is 2. The summed E-state index contributed by atoms with van der Waals surface area (Å²) in [5.41, 5.74) is 0.192. The van der Waals surface area contributed by atoms with E-state index in [0.29, 0.717) is 0 Å². The summed E-state index contributed by atoms with van der Waals surface area (Å²) in [7, 11) is 0. The Hall–Kier alpha value is -1.33. The molecule has 21 heavy (non-hydrogen) atoms. The molecule has 112 valence electrons. The SMILES string of the molecule is CC1C(=O)NC(C2CC2)C(=O)N1c1c(Cl)cc(F)cc1Cl. The van der Waals surface area contributed by atoms with E-state index in [1.165, 1.54) is 4.90 Å². The molecule has 2 amide bonds. The van der Waals surface area contributed by atoms with Crippen LogP contribution < -0.4 is 10.2 Å². The Kier molecular flexibility index (Phi) is 3.58. The molecular formula is C14H13Cl2FN2O2. The van der Waals surface area contributed by atoms with Crippen LogP contribution in [0.1, 0.15) is 19.8 Å². The van der Waals surface area contributed by atoms with Crippen LogP contribution in [0.2, 0.25) is 10.0 Å². The lowest BCUT2D eigenvalue weighted by molar-refractivity contribution is -0.133. The Morgan fingerprint density at radius 2 is 1.81 bits per heavy atom. The molecule has 3 rings (SSSR count). The summed E-state index contributed by atoms with van der Waals surface area (Å²) in [6.07, 6.45) is 1.81. The molecule has 1 aromatic carbocycles. The second-order valence-corrected chi connectivity index (χ2v) is 6.24. The molecule has 2 fully saturated rings. The molecule has 2 unspecified atom stereocenters. The number of rotatable bonds is 2. The highest BCUT2D eigenvalue weighted by Crippen LogP contribution is 2.40. The molecule has 1 saturated carbocycles. The summed E-state index contributed by atoms with van der Waals surface area (Å²) >= 11 is 12.1. The monoisotopic (exact) mass is 330 g/mol. The van der Waals surface area contributed by atoms with Crippen LogP contribution in [0, 0.1) is 11.7 Å². The molecule has 1 N–H and O–H groups in total. The summed E-state index contributed by atoms with van der Waals surface area (Å²) in [5.74, 6) is -0.938. The average molecular weight is 331 g/mol. The number of amides is 2. The van der Waals surface area contributed by atoms with Crippen molar-refractivity contribution in [1.82, 2.24) is 5.32 Å². The highest BCUT2D eigenvalue weighted by Gasteiger charge is 2.46. The van der Waals surface area contributed by atoms with Crippen LogP contribution in [0.3, 0.4) is 0 Å². The second-order valence-electron chi connectivity index (χ2n) is 5.43. The molecule has 1 aliphatic carbocycles. The minimum atomic E-state index is -0.743. The van der Waals surface area contributed by atoms with E-state index >= 15 is 0 Å². The number of halogens is 3. The fourth-order valence-electron chi connectivity index (χ4n) is 2.61. The molecule has 1 saturated heterocycles. The Morgan fingerprint density at radius 1 is 1.24 bits per heavy atom. The standard InChI is InChI=1S/C14H13Cl2FN2O2/c1-6-13(20)18-11(7-2-3-7)14(21)19(6)12-9(15)4-8(17)5-10(12)16/h4-7,11H,2-3H2,1H3,(H,18,20). The maximum absolute atomic E-state index is 13.3. The summed E-state index contributed by atoms with van der Waals surface area (Å²) in [6.45, 7) is 1.59. The van der Waals surface area contributed by atoms with Crippen LogP contribution >= 0.6 is 23.2 Å². The lowest BCUT2D eigenvalue weighted by atomic mass is 10.0. The molecule has 0 bridgehead atoms. The summed E-state index contributed by atoms with van der Waals surface area (Å²) in [5, 5.41) is 2.77. The van der Waals surface area contributed by atoms with E-state index < -0.39 is 17.9 Å². The van der Waals surface area contributed by atoms with Gasteiger partial charge in [-0.15, -0.1) is 0 Å². The molecule has 2 atom stereocenters. The fraction of sp³-hybridized carbons (Fsp3) is 0.429. The first-order chi connectivity index (χ1) is 9.90. The van der Waals surface area contributed by atoms with Crippen molar-refractivity contribution in [2.75, 3.05) is 4.90 Å². The zero-order chi connectivity index (χ0) is 15.3. The number of hydrogen-bond donors (Lipinski definition) is 1. The number of benzene rings is 1. The second kappa shape index (κ2) is 5.14. The molecule has 0 spiro atoms. The van der Waals surface area contributed by atoms with Gasteiger partial charge in [0.2, 0.25) is 5.91 Å². The largest absolute Gasteiger partial charge is 0.342 e. The first-order valence-electron chi connectivity index (χ1n) is 6.68. The molecular weight excluding hydrogens is 318 g/mol. The topological polar surface area (TPSA) is 49.4 Å². The Morgan fingerprint density at radius 3 is 2.33 bits per heavy atom. The highest BCUT2D eigenvalue weighted by molar-refractivity contribution is 6.40. The molecule has 1 heterocycles. The maximum Gasteiger partial charge on any atom is 0.250 e. The molecule has 0 aromatic heterocycles. The van der Waals surface area contributed by atoms with Crippen molar-refractivity contribution in [1.29, 1.82) is 0 Å². The molecule has 7 heteroatoms. The smallest absolute Gasteiger partial charge is 0.250 e. The lowest BCUT2D eigenvalue weighted by Crippen LogP contribution is -2.63. The molecule has 1 aliphatic heterocycles. The van der Waals surface area contributed by atoms with E-state index in [-0.39, 0.29) is 33.5 Å². The van der Waals surface area contributed by atoms with Crippen molar-refractivity contribution >= 4 is 40.7 Å². The molecule has 2 aliphatic rings. The summed E-state index contributed by atoms with van der Waals surface area (Å²) in [6, 6.07) is 0.877. The minimum Gasteiger partial charge on any atom is -0.342 e. The van der Waals surface area contributed by atoms with Gasteiger partial charge >= 0.3 is 0 Å². The normalized spacial score (nSPS) is 26.0. The first-order valence-corrected chi connectivity index (χ1v) is 7.43. The Balaban J connectivity index is 2.06. The van der Waals surface area contributed by atoms with Gasteiger partial charge in [0.05, 0.1) is 15.7 Å². The van der Waals surface area contributed by atoms with Crippen molar-refractivity contribution in [3.05, 3.63) is 28.0 Å². The van der Waals surface area contributed by atoms with E-state index in [0.717, 1.165) is 25.0 Å². The number of anilines is 1. The first kappa shape index (κ1) is 14.6. The number of nitrogens with one attached hydrogen (secondary N) is 1. The summed E-state index contributed by atoms with van der Waals surface area (Å²) < 4.78 is 13.3. The zero-order valence-corrected chi connectivity index (χ0v) is 12.7. The van der Waals surface area contributed by atoms with Crippen LogP contribution in [-0.2, 0) is 9.59 Å². The third-order valence-corrected chi connectivity index (χ3v) is 4.46. The van der Waals surface area contributed by atoms with Gasteiger partial charge in [0, 0.05) is 0 Å². The van der Waals surface area contributed by atoms with Crippen LogP contribution in [0.5, 0.6) is 0 Å². The van der Waals surface area contributed by atoms with Crippen molar-refractivity contribution in [2.45, 2.75) is 31.8 Å². The molecule has 1 aromatic rings. The number of carbonyl (C=O) groups is 2. The van der Waals surface area contributed by atoms with Gasteiger partial charge in [-0.05, 0) is 37.8 Å². The van der Waals surface area contributed by atoms with Crippen molar-refractivity contribution in [3.63, 3.8) is 0 Å². The average Bonchev–Trinajstić information content (AvgIpc) is 3.21. The van der Waals surface area contributed by atoms with Gasteiger partial charge in [0.25, 0.3) is 5.91 Å². The third kappa shape index (κ3) is 2.49. The van der Waals surface area contributed by atoms with Crippen molar-refractivity contribution < 1.29 is 14.0 Å². The van der Waals surface area contributed by atoms with E-state index in [1.807, 2.05) is 0 Å². The zero-order valence-electron chi connectivity index (χ0n) is 11.2. The predicted octanol–water partition coefficient (Wildman–Crippen LogP) is 2.76. The minimum absolute atomic E-state index is 0.0180. The van der Waals surface area contributed by atoms with Crippen LogP contribution in [0.25, 0.3) is 0 Å². The third-order valence-electron chi connectivity index (χ3n) is 3.88. The van der Waals surface area contributed by atoms with Crippen molar-refractivity contribution in [3.8, 4) is 0 Å². The lowest BCUT2D eigenvalue weighted by Gasteiger charge is -2.38. The van der Waals surface area contributed by atoms with E-state index in [9.17, 15) is 14.0 Å². The Bertz CT molecular complexity index is 610.